The van der Waals surface area contributed by atoms with Gasteiger partial charge in [0.05, 0.1) is 6.61 Å². The van der Waals surface area contributed by atoms with Crippen molar-refractivity contribution in [2.75, 3.05) is 31.7 Å². The molecule has 2 heterocycles. The first-order valence-corrected chi connectivity index (χ1v) is 5.60. The first kappa shape index (κ1) is 13.1. The fourth-order valence-corrected chi connectivity index (χ4v) is 1.82. The van der Waals surface area contributed by atoms with Gasteiger partial charge in [0.1, 0.15) is 19.0 Å². The van der Waals surface area contributed by atoms with E-state index < -0.39 is 12.7 Å². The van der Waals surface area contributed by atoms with Crippen LogP contribution in [0.15, 0.2) is 6.07 Å². The summed E-state index contributed by atoms with van der Waals surface area (Å²) < 4.78 is 35.6. The van der Waals surface area contributed by atoms with Crippen molar-refractivity contribution >= 4 is 5.82 Å². The van der Waals surface area contributed by atoms with Crippen LogP contribution in [0.3, 0.4) is 0 Å². The number of rotatable bonds is 3. The lowest BCUT2D eigenvalue weighted by Crippen LogP contribution is -2.47. The summed E-state index contributed by atoms with van der Waals surface area (Å²) >= 11 is 0. The van der Waals surface area contributed by atoms with Crippen molar-refractivity contribution < 1.29 is 18.3 Å². The van der Waals surface area contributed by atoms with Crippen molar-refractivity contribution in [1.29, 1.82) is 0 Å². The second-order valence-corrected chi connectivity index (χ2v) is 4.12. The number of halogens is 2. The quantitative estimate of drug-likeness (QED) is 0.820. The van der Waals surface area contributed by atoms with Crippen molar-refractivity contribution in [3.05, 3.63) is 17.6 Å². The van der Waals surface area contributed by atoms with Crippen LogP contribution in [0.1, 0.15) is 11.5 Å². The van der Waals surface area contributed by atoms with Gasteiger partial charge in [-0.3, -0.25) is 0 Å². The normalized spacial score (nSPS) is 19.0. The number of alkyl halides is 2. The molecule has 18 heavy (non-hydrogen) atoms. The minimum atomic E-state index is -3.13. The number of hydrogen-bond donors (Lipinski definition) is 0. The Hall–Kier alpha value is -1.34. The fraction of sp³-hybridized carbons (Fsp3) is 0.636. The predicted octanol–water partition coefficient (Wildman–Crippen LogP) is 1.36. The average molecular weight is 259 g/mol. The first-order chi connectivity index (χ1) is 8.50. The Morgan fingerprint density at radius 3 is 2.94 bits per heavy atom. The van der Waals surface area contributed by atoms with Gasteiger partial charge in [-0.1, -0.05) is 0 Å². The van der Waals surface area contributed by atoms with E-state index >= 15 is 0 Å². The van der Waals surface area contributed by atoms with Gasteiger partial charge >= 0.3 is 6.11 Å². The molecule has 0 aromatic carbocycles. The number of hydrogen-bond acceptors (Lipinski definition) is 5. The van der Waals surface area contributed by atoms with E-state index in [1.54, 1.807) is 13.0 Å². The van der Waals surface area contributed by atoms with E-state index in [0.717, 1.165) is 5.69 Å². The number of ether oxygens (including phenoxy) is 2. The van der Waals surface area contributed by atoms with Crippen molar-refractivity contribution in [1.82, 2.24) is 9.97 Å². The fourth-order valence-electron chi connectivity index (χ4n) is 1.82. The maximum atomic E-state index is 13.2. The Kier molecular flexibility index (Phi) is 3.72. The highest BCUT2D eigenvalue weighted by Gasteiger charge is 2.37. The molecule has 1 aromatic rings. The smallest absolute Gasteiger partial charge is 0.373 e. The second kappa shape index (κ2) is 5.11. The number of aryl methyl sites for hydroxylation is 1. The summed E-state index contributed by atoms with van der Waals surface area (Å²) in [5.41, 5.74) is 0.724. The van der Waals surface area contributed by atoms with E-state index in [1.807, 2.05) is 0 Å². The first-order valence-electron chi connectivity index (χ1n) is 5.60. The van der Waals surface area contributed by atoms with E-state index in [4.69, 9.17) is 4.74 Å². The van der Waals surface area contributed by atoms with E-state index in [-0.39, 0.29) is 13.2 Å². The van der Waals surface area contributed by atoms with Gasteiger partial charge in [-0.05, 0) is 6.92 Å². The summed E-state index contributed by atoms with van der Waals surface area (Å²) in [5, 5.41) is 0. The Morgan fingerprint density at radius 2 is 2.28 bits per heavy atom. The molecule has 0 bridgehead atoms. The van der Waals surface area contributed by atoms with Crippen LogP contribution < -0.4 is 4.90 Å². The summed E-state index contributed by atoms with van der Waals surface area (Å²) in [6.45, 7) is 1.93. The Bertz CT molecular complexity index is 429. The van der Waals surface area contributed by atoms with Crippen LogP contribution in [0.2, 0.25) is 0 Å². The summed E-state index contributed by atoms with van der Waals surface area (Å²) in [7, 11) is 1.54. The van der Waals surface area contributed by atoms with Crippen LogP contribution in [0.5, 0.6) is 0 Å². The average Bonchev–Trinajstić information content (AvgIpc) is 2.27. The molecular formula is C11H15F2N3O2. The number of methoxy groups -OCH3 is 1. The predicted molar refractivity (Wildman–Crippen MR) is 60.6 cm³/mol. The SMILES string of the molecule is COCc1nc(C)cc(N2CCOC(F)(F)C2)n1. The molecule has 0 unspecified atom stereocenters. The van der Waals surface area contributed by atoms with Gasteiger partial charge in [-0.2, -0.15) is 8.78 Å². The van der Waals surface area contributed by atoms with Gasteiger partial charge in [-0.25, -0.2) is 9.97 Å². The molecule has 0 saturated carbocycles. The minimum absolute atomic E-state index is 0.0182. The molecule has 100 valence electrons. The molecule has 0 aliphatic carbocycles. The maximum Gasteiger partial charge on any atom is 0.373 e. The van der Waals surface area contributed by atoms with E-state index in [0.29, 0.717) is 18.2 Å². The molecule has 0 atom stereocenters. The topological polar surface area (TPSA) is 47.5 Å². The van der Waals surface area contributed by atoms with E-state index in [2.05, 4.69) is 14.7 Å². The molecule has 1 aliphatic rings. The van der Waals surface area contributed by atoms with Crippen LogP contribution in [0.4, 0.5) is 14.6 Å². The molecule has 0 N–H and O–H groups in total. The van der Waals surface area contributed by atoms with Gasteiger partial charge < -0.3 is 14.4 Å². The van der Waals surface area contributed by atoms with Gasteiger partial charge in [0.25, 0.3) is 0 Å². The highest BCUT2D eigenvalue weighted by atomic mass is 19.3. The van der Waals surface area contributed by atoms with Crippen LogP contribution in [0, 0.1) is 6.92 Å². The van der Waals surface area contributed by atoms with Crippen LogP contribution in [-0.2, 0) is 16.1 Å². The Labute approximate surface area is 104 Å². The number of anilines is 1. The van der Waals surface area contributed by atoms with Gasteiger partial charge in [0.15, 0.2) is 5.82 Å². The van der Waals surface area contributed by atoms with Crippen molar-refractivity contribution in [3.63, 3.8) is 0 Å². The van der Waals surface area contributed by atoms with Crippen molar-refractivity contribution in [2.45, 2.75) is 19.6 Å². The molecule has 1 fully saturated rings. The summed E-state index contributed by atoms with van der Waals surface area (Å²) in [5.74, 6) is 0.972. The van der Waals surface area contributed by atoms with Gasteiger partial charge in [0.2, 0.25) is 0 Å². The molecule has 2 rings (SSSR count). The van der Waals surface area contributed by atoms with E-state index in [9.17, 15) is 8.78 Å². The second-order valence-electron chi connectivity index (χ2n) is 4.12. The lowest BCUT2D eigenvalue weighted by Gasteiger charge is -2.33. The van der Waals surface area contributed by atoms with Crippen molar-refractivity contribution in [3.8, 4) is 0 Å². The van der Waals surface area contributed by atoms with Crippen LogP contribution in [0.25, 0.3) is 0 Å². The molecule has 0 amide bonds. The number of nitrogens with zero attached hydrogens (tertiary/aromatic N) is 3. The van der Waals surface area contributed by atoms with Crippen LogP contribution in [-0.4, -0.2) is 42.9 Å². The minimum Gasteiger partial charge on any atom is -0.377 e. The van der Waals surface area contributed by atoms with E-state index in [1.165, 1.54) is 12.0 Å². The third kappa shape index (κ3) is 3.11. The lowest BCUT2D eigenvalue weighted by atomic mass is 10.3. The lowest BCUT2D eigenvalue weighted by molar-refractivity contribution is -0.240. The maximum absolute atomic E-state index is 13.2. The molecular weight excluding hydrogens is 244 g/mol. The molecule has 1 aliphatic heterocycles. The zero-order valence-corrected chi connectivity index (χ0v) is 10.3. The number of aromatic nitrogens is 2. The highest BCUT2D eigenvalue weighted by molar-refractivity contribution is 5.40. The molecule has 0 spiro atoms. The molecule has 1 aromatic heterocycles. The van der Waals surface area contributed by atoms with Gasteiger partial charge in [0, 0.05) is 25.4 Å². The zero-order chi connectivity index (χ0) is 13.2. The van der Waals surface area contributed by atoms with Gasteiger partial charge in [-0.15, -0.1) is 0 Å². The largest absolute Gasteiger partial charge is 0.377 e. The molecule has 0 radical (unpaired) electrons. The standard InChI is InChI=1S/C11H15F2N3O2/c1-8-5-10(15-9(14-8)6-17-2)16-3-4-18-11(12,13)7-16/h5H,3-4,6-7H2,1-2H3. The number of morpholine rings is 1. The zero-order valence-electron chi connectivity index (χ0n) is 10.3. The van der Waals surface area contributed by atoms with Crippen molar-refractivity contribution in [2.24, 2.45) is 0 Å². The highest BCUT2D eigenvalue weighted by Crippen LogP contribution is 2.24. The molecule has 1 saturated heterocycles. The third-order valence-electron chi connectivity index (χ3n) is 2.53. The van der Waals surface area contributed by atoms with Crippen LogP contribution >= 0.6 is 0 Å². The molecule has 5 nitrogen and oxygen atoms in total. The monoisotopic (exact) mass is 259 g/mol. The summed E-state index contributed by atoms with van der Waals surface area (Å²) in [6, 6.07) is 1.68. The Balaban J connectivity index is 2.21. The third-order valence-corrected chi connectivity index (χ3v) is 2.53. The summed E-state index contributed by atoms with van der Waals surface area (Å²) in [6.07, 6.45) is -3.13. The Morgan fingerprint density at radius 1 is 1.50 bits per heavy atom. The molecule has 7 heteroatoms. The summed E-state index contributed by atoms with van der Waals surface area (Å²) in [4.78, 5) is 9.88.